The Kier molecular flexibility index (Phi) is 3.38. The van der Waals surface area contributed by atoms with Crippen LogP contribution >= 0.6 is 0 Å². The third-order valence-electron chi connectivity index (χ3n) is 3.57. The third-order valence-corrected chi connectivity index (χ3v) is 3.57. The van der Waals surface area contributed by atoms with Crippen LogP contribution in [-0.4, -0.2) is 25.6 Å². The molecular formula is C14H21N5. The van der Waals surface area contributed by atoms with Gasteiger partial charge in [0, 0.05) is 31.4 Å². The van der Waals surface area contributed by atoms with E-state index in [9.17, 15) is 0 Å². The Bertz CT molecular complexity index is 550. The van der Waals surface area contributed by atoms with Crippen LogP contribution in [0.4, 0.5) is 0 Å². The summed E-state index contributed by atoms with van der Waals surface area (Å²) in [4.78, 5) is 0. The summed E-state index contributed by atoms with van der Waals surface area (Å²) in [6.07, 6.45) is 7.69. The summed E-state index contributed by atoms with van der Waals surface area (Å²) in [7, 11) is 1.99. The first-order valence-electron chi connectivity index (χ1n) is 7.01. The minimum absolute atomic E-state index is 0.743. The van der Waals surface area contributed by atoms with Gasteiger partial charge in [0.1, 0.15) is 0 Å². The van der Waals surface area contributed by atoms with Gasteiger partial charge in [-0.25, -0.2) is 0 Å². The molecule has 1 N–H and O–H groups in total. The van der Waals surface area contributed by atoms with E-state index < -0.39 is 0 Å². The molecule has 5 nitrogen and oxygen atoms in total. The van der Waals surface area contributed by atoms with Gasteiger partial charge in [-0.2, -0.15) is 10.2 Å². The van der Waals surface area contributed by atoms with Crippen molar-refractivity contribution >= 4 is 0 Å². The molecular weight excluding hydrogens is 238 g/mol. The Labute approximate surface area is 113 Å². The van der Waals surface area contributed by atoms with Crippen molar-refractivity contribution in [1.82, 2.24) is 24.9 Å². The maximum absolute atomic E-state index is 4.46. The average molecular weight is 259 g/mol. The molecule has 19 heavy (non-hydrogen) atoms. The van der Waals surface area contributed by atoms with Gasteiger partial charge in [-0.1, -0.05) is 6.92 Å². The molecule has 1 saturated carbocycles. The van der Waals surface area contributed by atoms with E-state index >= 15 is 0 Å². The van der Waals surface area contributed by atoms with Crippen molar-refractivity contribution in [2.75, 3.05) is 0 Å². The van der Waals surface area contributed by atoms with Crippen molar-refractivity contribution in [2.45, 2.75) is 45.3 Å². The van der Waals surface area contributed by atoms with Gasteiger partial charge in [0.2, 0.25) is 0 Å². The van der Waals surface area contributed by atoms with Crippen molar-refractivity contribution in [3.05, 3.63) is 35.4 Å². The zero-order valence-corrected chi connectivity index (χ0v) is 11.6. The minimum atomic E-state index is 0.743. The largest absolute Gasteiger partial charge is 0.310 e. The monoisotopic (exact) mass is 259 g/mol. The first kappa shape index (κ1) is 12.4. The van der Waals surface area contributed by atoms with Crippen molar-refractivity contribution in [3.63, 3.8) is 0 Å². The van der Waals surface area contributed by atoms with Gasteiger partial charge in [0.05, 0.1) is 24.1 Å². The zero-order valence-electron chi connectivity index (χ0n) is 11.6. The van der Waals surface area contributed by atoms with Crippen molar-refractivity contribution in [3.8, 4) is 0 Å². The lowest BCUT2D eigenvalue weighted by Crippen LogP contribution is -2.14. The summed E-state index contributed by atoms with van der Waals surface area (Å²) < 4.78 is 3.93. The Morgan fingerprint density at radius 3 is 2.95 bits per heavy atom. The SMILES string of the molecule is CCc1cc(Cn2cc(CNC3CC3)cn2)n(C)n1. The smallest absolute Gasteiger partial charge is 0.0828 e. The van der Waals surface area contributed by atoms with E-state index in [1.54, 1.807) is 0 Å². The van der Waals surface area contributed by atoms with Crippen LogP contribution in [0.3, 0.4) is 0 Å². The normalized spacial score (nSPS) is 15.1. The lowest BCUT2D eigenvalue weighted by atomic mass is 10.3. The second-order valence-corrected chi connectivity index (χ2v) is 5.31. The molecule has 0 unspecified atom stereocenters. The molecule has 0 spiro atoms. The van der Waals surface area contributed by atoms with Crippen molar-refractivity contribution < 1.29 is 0 Å². The highest BCUT2D eigenvalue weighted by Crippen LogP contribution is 2.19. The molecule has 0 bridgehead atoms. The van der Waals surface area contributed by atoms with E-state index in [0.717, 1.165) is 31.2 Å². The van der Waals surface area contributed by atoms with E-state index in [0.29, 0.717) is 0 Å². The topological polar surface area (TPSA) is 47.7 Å². The third kappa shape index (κ3) is 3.04. The first-order valence-corrected chi connectivity index (χ1v) is 7.01. The highest BCUT2D eigenvalue weighted by molar-refractivity contribution is 5.12. The first-order chi connectivity index (χ1) is 9.24. The molecule has 2 aromatic rings. The van der Waals surface area contributed by atoms with E-state index in [1.165, 1.54) is 24.1 Å². The van der Waals surface area contributed by atoms with Gasteiger partial charge >= 0.3 is 0 Å². The van der Waals surface area contributed by atoms with Crippen LogP contribution in [0.15, 0.2) is 18.5 Å². The van der Waals surface area contributed by atoms with Gasteiger partial charge in [-0.3, -0.25) is 9.36 Å². The minimum Gasteiger partial charge on any atom is -0.310 e. The molecule has 0 aromatic carbocycles. The van der Waals surface area contributed by atoms with Crippen molar-refractivity contribution in [1.29, 1.82) is 0 Å². The zero-order chi connectivity index (χ0) is 13.2. The number of nitrogens with zero attached hydrogens (tertiary/aromatic N) is 4. The molecule has 0 radical (unpaired) electrons. The average Bonchev–Trinajstić information content (AvgIpc) is 3.03. The number of aromatic nitrogens is 4. The Morgan fingerprint density at radius 1 is 1.42 bits per heavy atom. The van der Waals surface area contributed by atoms with E-state index in [4.69, 9.17) is 0 Å². The molecule has 1 aliphatic carbocycles. The van der Waals surface area contributed by atoms with Crippen LogP contribution in [0.25, 0.3) is 0 Å². The lowest BCUT2D eigenvalue weighted by Gasteiger charge is -2.02. The molecule has 1 aliphatic rings. The van der Waals surface area contributed by atoms with Crippen LogP contribution in [0.1, 0.15) is 36.7 Å². The summed E-state index contributed by atoms with van der Waals surface area (Å²) in [5.41, 5.74) is 3.59. The second-order valence-electron chi connectivity index (χ2n) is 5.31. The maximum atomic E-state index is 4.46. The predicted octanol–water partition coefficient (Wildman–Crippen LogP) is 1.48. The quantitative estimate of drug-likeness (QED) is 0.855. The van der Waals surface area contributed by atoms with E-state index in [1.807, 2.05) is 22.6 Å². The fourth-order valence-corrected chi connectivity index (χ4v) is 2.19. The maximum Gasteiger partial charge on any atom is 0.0828 e. The summed E-state index contributed by atoms with van der Waals surface area (Å²) in [5.74, 6) is 0. The molecule has 102 valence electrons. The predicted molar refractivity (Wildman–Crippen MR) is 73.8 cm³/mol. The standard InChI is InChI=1S/C14H21N5/c1-3-12-6-14(18(2)17-12)10-19-9-11(8-16-19)7-15-13-4-5-13/h6,8-9,13,15H,3-5,7,10H2,1-2H3. The van der Waals surface area contributed by atoms with Gasteiger partial charge in [0.15, 0.2) is 0 Å². The summed E-state index contributed by atoms with van der Waals surface area (Å²) >= 11 is 0. The molecule has 2 heterocycles. The molecule has 0 amide bonds. The fourth-order valence-electron chi connectivity index (χ4n) is 2.19. The number of hydrogen-bond acceptors (Lipinski definition) is 3. The Hall–Kier alpha value is -1.62. The van der Waals surface area contributed by atoms with E-state index in [-0.39, 0.29) is 0 Å². The number of rotatable bonds is 6. The summed E-state index contributed by atoms with van der Waals surface area (Å²) in [6.45, 7) is 3.84. The lowest BCUT2D eigenvalue weighted by molar-refractivity contribution is 0.616. The van der Waals surface area contributed by atoms with Crippen LogP contribution in [0, 0.1) is 0 Å². The van der Waals surface area contributed by atoms with Crippen LogP contribution in [-0.2, 0) is 26.6 Å². The van der Waals surface area contributed by atoms with Crippen LogP contribution < -0.4 is 5.32 Å². The molecule has 0 saturated heterocycles. The number of aryl methyl sites for hydroxylation is 2. The van der Waals surface area contributed by atoms with Gasteiger partial charge < -0.3 is 5.32 Å². The highest BCUT2D eigenvalue weighted by Gasteiger charge is 2.20. The summed E-state index contributed by atoms with van der Waals surface area (Å²) in [5, 5.41) is 12.4. The second kappa shape index (κ2) is 5.17. The fraction of sp³-hybridized carbons (Fsp3) is 0.571. The molecule has 2 aromatic heterocycles. The molecule has 5 heteroatoms. The van der Waals surface area contributed by atoms with Crippen LogP contribution in [0.2, 0.25) is 0 Å². The molecule has 1 fully saturated rings. The Morgan fingerprint density at radius 2 is 2.26 bits per heavy atom. The van der Waals surface area contributed by atoms with Crippen molar-refractivity contribution in [2.24, 2.45) is 7.05 Å². The van der Waals surface area contributed by atoms with E-state index in [2.05, 4.69) is 34.7 Å². The number of nitrogens with one attached hydrogen (secondary N) is 1. The molecule has 0 aliphatic heterocycles. The van der Waals surface area contributed by atoms with Gasteiger partial charge in [0.25, 0.3) is 0 Å². The Balaban J connectivity index is 1.63. The van der Waals surface area contributed by atoms with Gasteiger partial charge in [-0.15, -0.1) is 0 Å². The molecule has 3 rings (SSSR count). The van der Waals surface area contributed by atoms with Gasteiger partial charge in [-0.05, 0) is 25.3 Å². The highest BCUT2D eigenvalue weighted by atomic mass is 15.3. The number of hydrogen-bond donors (Lipinski definition) is 1. The molecule has 0 atom stereocenters. The van der Waals surface area contributed by atoms with Crippen LogP contribution in [0.5, 0.6) is 0 Å². The summed E-state index contributed by atoms with van der Waals surface area (Å²) in [6, 6.07) is 2.90.